The normalized spacial score (nSPS) is 15.7. The lowest BCUT2D eigenvalue weighted by Gasteiger charge is -2.31. The van der Waals surface area contributed by atoms with Crippen LogP contribution in [0.4, 0.5) is 10.6 Å². The number of ether oxygens (including phenoxy) is 1. The van der Waals surface area contributed by atoms with E-state index in [9.17, 15) is 23.1 Å². The molecule has 0 radical (unpaired) electrons. The Morgan fingerprint density at radius 1 is 1.05 bits per heavy atom. The maximum absolute atomic E-state index is 14.2. The Labute approximate surface area is 253 Å². The van der Waals surface area contributed by atoms with Gasteiger partial charge in [0.1, 0.15) is 18.0 Å². The van der Waals surface area contributed by atoms with Gasteiger partial charge in [-0.1, -0.05) is 50.1 Å². The first kappa shape index (κ1) is 32.1. The van der Waals surface area contributed by atoms with Gasteiger partial charge in [-0.3, -0.25) is 14.7 Å². The molecule has 43 heavy (non-hydrogen) atoms. The molecule has 10 nitrogen and oxygen atoms in total. The zero-order valence-corrected chi connectivity index (χ0v) is 25.9. The maximum atomic E-state index is 14.2. The van der Waals surface area contributed by atoms with Gasteiger partial charge in [-0.25, -0.2) is 18.2 Å². The van der Waals surface area contributed by atoms with Gasteiger partial charge in [0, 0.05) is 18.8 Å². The van der Waals surface area contributed by atoms with Crippen molar-refractivity contribution in [3.63, 3.8) is 0 Å². The van der Waals surface area contributed by atoms with E-state index in [1.165, 1.54) is 48.3 Å². The Kier molecular flexibility index (Phi) is 9.27. The third kappa shape index (κ3) is 7.22. The number of carbonyl (C=O) groups excluding carboxylic acids is 1. The lowest BCUT2D eigenvalue weighted by atomic mass is 9.89. The van der Waals surface area contributed by atoms with E-state index in [1.807, 2.05) is 12.1 Å². The Bertz CT molecular complexity index is 1550. The summed E-state index contributed by atoms with van der Waals surface area (Å²) in [5.41, 5.74) is 8.06. The van der Waals surface area contributed by atoms with Gasteiger partial charge in [0.05, 0.1) is 10.6 Å². The standard InChI is InChI=1S/C32H40N4O6S/c1-5-6-16-31(17-18-31)24-12-10-23(11-13-24)21-32(33,43(40,41)25-14-19-34-20-15-25)26-8-7-9-27(35-26)36(22-28(37)38)29(39)42-30(2,3)4/h7-15,19-20H,5-6,16-18,21-22,33H2,1-4H3,(H,37,38). The summed E-state index contributed by atoms with van der Waals surface area (Å²) in [4.78, 5) is 31.8. The maximum Gasteiger partial charge on any atom is 0.416 e. The summed E-state index contributed by atoms with van der Waals surface area (Å²) in [5.74, 6) is -1.40. The Morgan fingerprint density at radius 2 is 1.70 bits per heavy atom. The topological polar surface area (TPSA) is 153 Å². The molecule has 1 fully saturated rings. The molecule has 2 heterocycles. The zero-order chi connectivity index (χ0) is 31.5. The number of carboxylic acid groups (broad SMARTS) is 1. The molecular weight excluding hydrogens is 568 g/mol. The van der Waals surface area contributed by atoms with Crippen LogP contribution in [0.5, 0.6) is 0 Å². The summed E-state index contributed by atoms with van der Waals surface area (Å²) in [6.45, 7) is 6.39. The van der Waals surface area contributed by atoms with Crippen LogP contribution in [0.2, 0.25) is 0 Å². The van der Waals surface area contributed by atoms with E-state index in [0.717, 1.165) is 37.0 Å². The van der Waals surface area contributed by atoms with Crippen molar-refractivity contribution >= 4 is 27.7 Å². The number of nitrogens with two attached hydrogens (primary N) is 1. The molecule has 0 aliphatic heterocycles. The van der Waals surface area contributed by atoms with Crippen LogP contribution in [0.1, 0.15) is 76.6 Å². The van der Waals surface area contributed by atoms with Crippen LogP contribution < -0.4 is 10.6 Å². The van der Waals surface area contributed by atoms with Crippen LogP contribution in [0.15, 0.2) is 71.9 Å². The summed E-state index contributed by atoms with van der Waals surface area (Å²) in [6.07, 6.45) is 7.38. The number of nitrogens with zero attached hydrogens (tertiary/aromatic N) is 3. The number of sulfone groups is 1. The van der Waals surface area contributed by atoms with Gasteiger partial charge in [0.15, 0.2) is 4.87 Å². The molecule has 1 unspecified atom stereocenters. The largest absolute Gasteiger partial charge is 0.480 e. The second kappa shape index (κ2) is 12.4. The van der Waals surface area contributed by atoms with E-state index in [0.29, 0.717) is 5.56 Å². The molecule has 0 saturated heterocycles. The lowest BCUT2D eigenvalue weighted by molar-refractivity contribution is -0.135. The van der Waals surface area contributed by atoms with E-state index >= 15 is 0 Å². The van der Waals surface area contributed by atoms with Crippen molar-refractivity contribution in [2.45, 2.75) is 87.0 Å². The molecule has 230 valence electrons. The number of benzene rings is 1. The number of amides is 1. The first-order valence-electron chi connectivity index (χ1n) is 14.4. The van der Waals surface area contributed by atoms with Crippen LogP contribution in [-0.2, 0) is 36.1 Å². The monoisotopic (exact) mass is 608 g/mol. The third-order valence-electron chi connectivity index (χ3n) is 7.69. The van der Waals surface area contributed by atoms with E-state index in [4.69, 9.17) is 10.5 Å². The fourth-order valence-corrected chi connectivity index (χ4v) is 6.83. The number of hydrogen-bond donors (Lipinski definition) is 2. The number of anilines is 1. The van der Waals surface area contributed by atoms with Crippen molar-refractivity contribution in [1.29, 1.82) is 0 Å². The number of rotatable bonds is 12. The van der Waals surface area contributed by atoms with E-state index < -0.39 is 38.9 Å². The minimum atomic E-state index is -4.28. The molecule has 1 aromatic carbocycles. The molecule has 0 bridgehead atoms. The van der Waals surface area contributed by atoms with Gasteiger partial charge >= 0.3 is 12.1 Å². The number of hydrogen-bond acceptors (Lipinski definition) is 8. The average molecular weight is 609 g/mol. The minimum absolute atomic E-state index is 0.0418. The van der Waals surface area contributed by atoms with Crippen LogP contribution in [-0.4, -0.2) is 47.7 Å². The Balaban J connectivity index is 1.77. The predicted molar refractivity (Wildman–Crippen MR) is 163 cm³/mol. The first-order chi connectivity index (χ1) is 20.2. The third-order valence-corrected chi connectivity index (χ3v) is 9.89. The Morgan fingerprint density at radius 3 is 2.26 bits per heavy atom. The molecular formula is C32H40N4O6S. The molecule has 1 aliphatic carbocycles. The molecule has 3 N–H and O–H groups in total. The molecule has 1 amide bonds. The van der Waals surface area contributed by atoms with Crippen molar-refractivity contribution in [1.82, 2.24) is 9.97 Å². The molecule has 2 aromatic heterocycles. The molecule has 1 aliphatic rings. The summed E-state index contributed by atoms with van der Waals surface area (Å²) in [6, 6.07) is 15.0. The highest BCUT2D eigenvalue weighted by atomic mass is 32.2. The highest BCUT2D eigenvalue weighted by Gasteiger charge is 2.46. The van der Waals surface area contributed by atoms with Crippen LogP contribution in [0.3, 0.4) is 0 Å². The van der Waals surface area contributed by atoms with Crippen molar-refractivity contribution in [3.8, 4) is 0 Å². The van der Waals surface area contributed by atoms with E-state index in [2.05, 4.69) is 29.0 Å². The van der Waals surface area contributed by atoms with Crippen molar-refractivity contribution in [2.24, 2.45) is 5.73 Å². The lowest BCUT2D eigenvalue weighted by Crippen LogP contribution is -2.48. The summed E-state index contributed by atoms with van der Waals surface area (Å²) in [5, 5.41) is 9.52. The molecule has 0 spiro atoms. The quantitative estimate of drug-likeness (QED) is 0.277. The molecule has 1 saturated carbocycles. The number of unbranched alkanes of at least 4 members (excludes halogenated alkanes) is 1. The fraction of sp³-hybridized carbons (Fsp3) is 0.438. The number of aromatic nitrogens is 2. The first-order valence-corrected chi connectivity index (χ1v) is 15.9. The molecule has 4 rings (SSSR count). The number of pyridine rings is 2. The second-order valence-electron chi connectivity index (χ2n) is 12.2. The minimum Gasteiger partial charge on any atom is -0.480 e. The SMILES string of the molecule is CCCCC1(c2ccc(CC(N)(c3cccc(N(CC(=O)O)C(=O)OC(C)(C)C)n3)S(=O)(=O)c3ccncc3)cc2)CC1. The molecule has 11 heteroatoms. The number of aliphatic carboxylic acids is 1. The number of carbonyl (C=O) groups is 2. The van der Waals surface area contributed by atoms with Gasteiger partial charge in [0.25, 0.3) is 0 Å². The van der Waals surface area contributed by atoms with Gasteiger partial charge < -0.3 is 15.6 Å². The Hall–Kier alpha value is -3.83. The van der Waals surface area contributed by atoms with Gasteiger partial charge in [-0.05, 0) is 80.8 Å². The van der Waals surface area contributed by atoms with Gasteiger partial charge in [0.2, 0.25) is 9.84 Å². The fourth-order valence-electron chi connectivity index (χ4n) is 5.18. The smallest absolute Gasteiger partial charge is 0.416 e. The molecule has 3 aromatic rings. The highest BCUT2D eigenvalue weighted by molar-refractivity contribution is 7.92. The van der Waals surface area contributed by atoms with Crippen LogP contribution >= 0.6 is 0 Å². The van der Waals surface area contributed by atoms with Crippen molar-refractivity contribution < 1.29 is 27.9 Å². The zero-order valence-electron chi connectivity index (χ0n) is 25.1. The van der Waals surface area contributed by atoms with E-state index in [1.54, 1.807) is 20.8 Å². The second-order valence-corrected chi connectivity index (χ2v) is 14.4. The van der Waals surface area contributed by atoms with Crippen LogP contribution in [0, 0.1) is 0 Å². The van der Waals surface area contributed by atoms with Gasteiger partial charge in [-0.15, -0.1) is 0 Å². The predicted octanol–water partition coefficient (Wildman–Crippen LogP) is 5.35. The van der Waals surface area contributed by atoms with Crippen molar-refractivity contribution in [3.05, 3.63) is 83.8 Å². The van der Waals surface area contributed by atoms with Crippen molar-refractivity contribution in [2.75, 3.05) is 11.4 Å². The summed E-state index contributed by atoms with van der Waals surface area (Å²) < 4.78 is 33.8. The van der Waals surface area contributed by atoms with E-state index in [-0.39, 0.29) is 28.2 Å². The average Bonchev–Trinajstić information content (AvgIpc) is 3.75. The van der Waals surface area contributed by atoms with Crippen LogP contribution in [0.25, 0.3) is 0 Å². The summed E-state index contributed by atoms with van der Waals surface area (Å²) >= 11 is 0. The number of carboxylic acids is 1. The van der Waals surface area contributed by atoms with Gasteiger partial charge in [-0.2, -0.15) is 0 Å². The highest BCUT2D eigenvalue weighted by Crippen LogP contribution is 2.52. The molecule has 1 atom stereocenters. The summed E-state index contributed by atoms with van der Waals surface area (Å²) in [7, 11) is -4.28.